The number of benzene rings is 1. The average molecular weight is 369 g/mol. The van der Waals surface area contributed by atoms with Gasteiger partial charge in [-0.15, -0.1) is 0 Å². The van der Waals surface area contributed by atoms with Crippen LogP contribution in [0, 0.1) is 5.92 Å². The molecular formula is C21H27N3O3. The number of amides is 2. The number of nitrogens with zero attached hydrogens (tertiary/aromatic N) is 1. The summed E-state index contributed by atoms with van der Waals surface area (Å²) in [5.41, 5.74) is 1.80. The number of ether oxygens (including phenoxy) is 1. The molecule has 0 bridgehead atoms. The number of rotatable bonds is 9. The van der Waals surface area contributed by atoms with E-state index in [1.807, 2.05) is 57.2 Å². The topological polar surface area (TPSA) is 80.3 Å². The number of aromatic nitrogens is 1. The van der Waals surface area contributed by atoms with Crippen LogP contribution in [0.4, 0.5) is 0 Å². The van der Waals surface area contributed by atoms with E-state index in [0.29, 0.717) is 19.0 Å². The maximum absolute atomic E-state index is 12.6. The zero-order valence-electron chi connectivity index (χ0n) is 16.1. The van der Waals surface area contributed by atoms with Gasteiger partial charge >= 0.3 is 0 Å². The third-order valence-corrected chi connectivity index (χ3v) is 4.03. The van der Waals surface area contributed by atoms with E-state index in [1.165, 1.54) is 0 Å². The van der Waals surface area contributed by atoms with Crippen molar-refractivity contribution >= 4 is 11.8 Å². The summed E-state index contributed by atoms with van der Waals surface area (Å²) in [4.78, 5) is 29.0. The minimum Gasteiger partial charge on any atom is -0.478 e. The van der Waals surface area contributed by atoms with Gasteiger partial charge in [-0.05, 0) is 30.0 Å². The molecule has 0 saturated carbocycles. The summed E-state index contributed by atoms with van der Waals surface area (Å²) in [7, 11) is 0. The summed E-state index contributed by atoms with van der Waals surface area (Å²) in [5.74, 6) is 0.126. The molecule has 0 aliphatic rings. The first kappa shape index (κ1) is 20.4. The fourth-order valence-corrected chi connectivity index (χ4v) is 2.63. The Kier molecular flexibility index (Phi) is 7.79. The molecule has 0 fully saturated rings. The van der Waals surface area contributed by atoms with Crippen LogP contribution in [0.15, 0.2) is 48.7 Å². The van der Waals surface area contributed by atoms with Crippen LogP contribution < -0.4 is 15.4 Å². The number of hydrogen-bond donors (Lipinski definition) is 2. The molecule has 1 unspecified atom stereocenters. The number of carbonyl (C=O) groups is 2. The van der Waals surface area contributed by atoms with E-state index in [1.54, 1.807) is 12.3 Å². The van der Waals surface area contributed by atoms with Gasteiger partial charge < -0.3 is 15.4 Å². The van der Waals surface area contributed by atoms with Crippen molar-refractivity contribution in [2.24, 2.45) is 5.92 Å². The second-order valence-electron chi connectivity index (χ2n) is 6.60. The minimum absolute atomic E-state index is 0.0267. The summed E-state index contributed by atoms with van der Waals surface area (Å²) in [6.07, 6.45) is 1.90. The molecule has 6 heteroatoms. The molecule has 27 heavy (non-hydrogen) atoms. The van der Waals surface area contributed by atoms with Crippen LogP contribution in [0.25, 0.3) is 0 Å². The van der Waals surface area contributed by atoms with E-state index in [9.17, 15) is 9.59 Å². The van der Waals surface area contributed by atoms with Crippen molar-refractivity contribution in [2.75, 3.05) is 6.61 Å². The van der Waals surface area contributed by atoms with Crippen LogP contribution in [0.5, 0.6) is 5.88 Å². The van der Waals surface area contributed by atoms with Gasteiger partial charge in [-0.1, -0.05) is 44.2 Å². The van der Waals surface area contributed by atoms with E-state index in [2.05, 4.69) is 15.6 Å². The lowest BCUT2D eigenvalue weighted by molar-refractivity contribution is -0.129. The second-order valence-corrected chi connectivity index (χ2v) is 6.60. The van der Waals surface area contributed by atoms with Gasteiger partial charge in [0.2, 0.25) is 17.7 Å². The van der Waals surface area contributed by atoms with Crippen LogP contribution in [-0.4, -0.2) is 29.4 Å². The predicted octanol–water partition coefficient (Wildman–Crippen LogP) is 2.48. The Labute approximate surface area is 160 Å². The Morgan fingerprint density at radius 2 is 1.85 bits per heavy atom. The number of carbonyl (C=O) groups excluding carboxylic acids is 2. The second kappa shape index (κ2) is 10.3. The van der Waals surface area contributed by atoms with Crippen LogP contribution in [-0.2, 0) is 22.6 Å². The van der Waals surface area contributed by atoms with Gasteiger partial charge in [0.15, 0.2) is 0 Å². The highest BCUT2D eigenvalue weighted by atomic mass is 16.5. The molecule has 0 aliphatic carbocycles. The summed E-state index contributed by atoms with van der Waals surface area (Å²) < 4.78 is 5.37. The lowest BCUT2D eigenvalue weighted by atomic mass is 10.0. The fourth-order valence-electron chi connectivity index (χ4n) is 2.63. The van der Waals surface area contributed by atoms with Crippen LogP contribution in [0.3, 0.4) is 0 Å². The molecule has 0 radical (unpaired) electrons. The van der Waals surface area contributed by atoms with Crippen molar-refractivity contribution < 1.29 is 14.3 Å². The third kappa shape index (κ3) is 6.73. The fraction of sp³-hybridized carbons (Fsp3) is 0.381. The molecule has 2 amide bonds. The van der Waals surface area contributed by atoms with E-state index in [0.717, 1.165) is 11.1 Å². The number of hydrogen-bond acceptors (Lipinski definition) is 4. The molecule has 0 saturated heterocycles. The van der Waals surface area contributed by atoms with E-state index in [-0.39, 0.29) is 24.2 Å². The Morgan fingerprint density at radius 3 is 2.52 bits per heavy atom. The van der Waals surface area contributed by atoms with Crippen LogP contribution in [0.2, 0.25) is 0 Å². The molecular weight excluding hydrogens is 342 g/mol. The van der Waals surface area contributed by atoms with Crippen molar-refractivity contribution in [3.8, 4) is 5.88 Å². The maximum atomic E-state index is 12.6. The average Bonchev–Trinajstić information content (AvgIpc) is 2.65. The number of nitrogens with one attached hydrogen (secondary N) is 2. The summed E-state index contributed by atoms with van der Waals surface area (Å²) in [5, 5.41) is 5.73. The molecule has 144 valence electrons. The van der Waals surface area contributed by atoms with Gasteiger partial charge in [-0.3, -0.25) is 9.59 Å². The van der Waals surface area contributed by atoms with Gasteiger partial charge in [0.1, 0.15) is 6.04 Å². The molecule has 2 aromatic rings. The first-order valence-corrected chi connectivity index (χ1v) is 9.18. The largest absolute Gasteiger partial charge is 0.478 e. The zero-order chi connectivity index (χ0) is 19.6. The molecule has 2 N–H and O–H groups in total. The van der Waals surface area contributed by atoms with E-state index < -0.39 is 6.04 Å². The molecule has 1 aromatic carbocycles. The monoisotopic (exact) mass is 369 g/mol. The van der Waals surface area contributed by atoms with E-state index in [4.69, 9.17) is 4.74 Å². The summed E-state index contributed by atoms with van der Waals surface area (Å²) in [6.45, 7) is 6.59. The maximum Gasteiger partial charge on any atom is 0.243 e. The Morgan fingerprint density at radius 1 is 1.11 bits per heavy atom. The highest BCUT2D eigenvalue weighted by Crippen LogP contribution is 2.10. The molecule has 2 rings (SSSR count). The SMILES string of the molecule is CCOc1cc(CNC(=O)C(NC(=O)Cc2ccccc2)C(C)C)ccn1. The van der Waals surface area contributed by atoms with Crippen LogP contribution in [0.1, 0.15) is 31.9 Å². The van der Waals surface area contributed by atoms with Gasteiger partial charge in [0, 0.05) is 18.8 Å². The van der Waals surface area contributed by atoms with Crippen molar-refractivity contribution in [3.05, 3.63) is 59.8 Å². The van der Waals surface area contributed by atoms with Gasteiger partial charge in [-0.2, -0.15) is 0 Å². The lowest BCUT2D eigenvalue weighted by Gasteiger charge is -2.22. The summed E-state index contributed by atoms with van der Waals surface area (Å²) in [6, 6.07) is 12.5. The molecule has 1 atom stereocenters. The smallest absolute Gasteiger partial charge is 0.243 e. The van der Waals surface area contributed by atoms with Crippen molar-refractivity contribution in [3.63, 3.8) is 0 Å². The van der Waals surface area contributed by atoms with Crippen molar-refractivity contribution in [1.29, 1.82) is 0 Å². The van der Waals surface area contributed by atoms with Crippen molar-refractivity contribution in [1.82, 2.24) is 15.6 Å². The molecule has 1 aromatic heterocycles. The van der Waals surface area contributed by atoms with Crippen LogP contribution >= 0.6 is 0 Å². The highest BCUT2D eigenvalue weighted by Gasteiger charge is 2.24. The zero-order valence-corrected chi connectivity index (χ0v) is 16.1. The molecule has 0 aliphatic heterocycles. The predicted molar refractivity (Wildman–Crippen MR) is 104 cm³/mol. The first-order chi connectivity index (χ1) is 13.0. The van der Waals surface area contributed by atoms with E-state index >= 15 is 0 Å². The number of pyridine rings is 1. The quantitative estimate of drug-likeness (QED) is 0.712. The van der Waals surface area contributed by atoms with Gasteiger partial charge in [0.05, 0.1) is 13.0 Å². The normalized spacial score (nSPS) is 11.7. The third-order valence-electron chi connectivity index (χ3n) is 4.03. The van der Waals surface area contributed by atoms with Gasteiger partial charge in [-0.25, -0.2) is 4.98 Å². The van der Waals surface area contributed by atoms with Crippen molar-refractivity contribution in [2.45, 2.75) is 39.8 Å². The Balaban J connectivity index is 1.92. The highest BCUT2D eigenvalue weighted by molar-refractivity contribution is 5.88. The minimum atomic E-state index is -0.589. The molecule has 1 heterocycles. The lowest BCUT2D eigenvalue weighted by Crippen LogP contribution is -2.49. The first-order valence-electron chi connectivity index (χ1n) is 9.18. The van der Waals surface area contributed by atoms with Gasteiger partial charge in [0.25, 0.3) is 0 Å². The molecule has 0 spiro atoms. The Bertz CT molecular complexity index is 747. The standard InChI is InChI=1S/C21H27N3O3/c1-4-27-19-13-17(10-11-22-19)14-23-21(26)20(15(2)3)24-18(25)12-16-8-6-5-7-9-16/h5-11,13,15,20H,4,12,14H2,1-3H3,(H,23,26)(H,24,25). The Hall–Kier alpha value is -2.89. The summed E-state index contributed by atoms with van der Waals surface area (Å²) >= 11 is 0. The molecule has 6 nitrogen and oxygen atoms in total.